The van der Waals surface area contributed by atoms with Gasteiger partial charge in [-0.1, -0.05) is 91.0 Å². The minimum absolute atomic E-state index is 1.05. The molecule has 0 atom stereocenters. The predicted octanol–water partition coefficient (Wildman–Crippen LogP) is 7.73. The van der Waals surface area contributed by atoms with Gasteiger partial charge in [-0.15, -0.1) is 0 Å². The Balaban J connectivity index is 1.55. The molecule has 0 bridgehead atoms. The van der Waals surface area contributed by atoms with E-state index >= 15 is 0 Å². The van der Waals surface area contributed by atoms with Crippen LogP contribution in [0.15, 0.2) is 103 Å². The number of hydrogen-bond acceptors (Lipinski definition) is 1. The second-order valence-electron chi connectivity index (χ2n) is 10.2. The highest BCUT2D eigenvalue weighted by molar-refractivity contribution is 6.16. The highest BCUT2D eigenvalue weighted by atomic mass is 14.6. The Labute approximate surface area is 217 Å². The monoisotopic (exact) mass is 475 g/mol. The maximum absolute atomic E-state index is 4.41. The van der Waals surface area contributed by atoms with Crippen molar-refractivity contribution in [2.24, 2.45) is 0 Å². The van der Waals surface area contributed by atoms with Crippen LogP contribution in [0, 0.1) is 6.92 Å². The molecule has 0 spiro atoms. The fourth-order valence-corrected chi connectivity index (χ4v) is 6.34. The lowest BCUT2D eigenvalue weighted by molar-refractivity contribution is 1.06. The Morgan fingerprint density at radius 3 is 2.03 bits per heavy atom. The van der Waals surface area contributed by atoms with Gasteiger partial charge in [0.05, 0.1) is 0 Å². The molecule has 0 aliphatic heterocycles. The summed E-state index contributed by atoms with van der Waals surface area (Å²) in [5, 5.41) is 8.17. The van der Waals surface area contributed by atoms with E-state index < -0.39 is 0 Å². The first-order chi connectivity index (χ1) is 18.3. The molecule has 7 rings (SSSR count). The molecule has 2 aliphatic carbocycles. The number of rotatable bonds is 3. The molecule has 0 amide bonds. The van der Waals surface area contributed by atoms with Crippen molar-refractivity contribution in [2.75, 3.05) is 0 Å². The molecule has 1 aromatic heterocycles. The molecule has 1 heterocycles. The quantitative estimate of drug-likeness (QED) is 0.243. The summed E-state index contributed by atoms with van der Waals surface area (Å²) in [4.78, 5) is 4.41. The normalized spacial score (nSPS) is 15.2. The smallest absolute Gasteiger partial charge is 0.0378 e. The molecule has 0 saturated heterocycles. The predicted molar refractivity (Wildman–Crippen MR) is 158 cm³/mol. The van der Waals surface area contributed by atoms with E-state index in [9.17, 15) is 0 Å². The van der Waals surface area contributed by atoms with Gasteiger partial charge in [-0.2, -0.15) is 0 Å². The maximum Gasteiger partial charge on any atom is 0.0378 e. The second-order valence-corrected chi connectivity index (χ2v) is 10.2. The molecule has 0 radical (unpaired) electrons. The van der Waals surface area contributed by atoms with Crippen molar-refractivity contribution in [3.8, 4) is 0 Å². The van der Waals surface area contributed by atoms with Gasteiger partial charge < -0.3 is 0 Å². The van der Waals surface area contributed by atoms with Gasteiger partial charge in [-0.25, -0.2) is 0 Å². The summed E-state index contributed by atoms with van der Waals surface area (Å²) in [6, 6.07) is 31.3. The SMILES string of the molecule is Cc1cc(C2=CCCC(c3c4ccccc4c(C4=c5ccccc5=CCC4)c4ccccc34)=C2)ccn1. The van der Waals surface area contributed by atoms with Crippen molar-refractivity contribution in [3.63, 3.8) is 0 Å². The number of benzene rings is 4. The zero-order valence-electron chi connectivity index (χ0n) is 21.2. The fourth-order valence-electron chi connectivity index (χ4n) is 6.34. The van der Waals surface area contributed by atoms with E-state index in [1.807, 2.05) is 6.20 Å². The fraction of sp³-hybridized carbons (Fsp3) is 0.139. The van der Waals surface area contributed by atoms with E-state index in [1.54, 1.807) is 0 Å². The summed E-state index contributed by atoms with van der Waals surface area (Å²) in [5.74, 6) is 0. The van der Waals surface area contributed by atoms with E-state index in [1.165, 1.54) is 65.4 Å². The van der Waals surface area contributed by atoms with Crippen molar-refractivity contribution >= 4 is 44.3 Å². The molecule has 0 unspecified atom stereocenters. The van der Waals surface area contributed by atoms with E-state index in [0.717, 1.165) is 31.4 Å². The molecule has 37 heavy (non-hydrogen) atoms. The lowest BCUT2D eigenvalue weighted by Crippen LogP contribution is -2.29. The van der Waals surface area contributed by atoms with Crippen molar-refractivity contribution in [1.29, 1.82) is 0 Å². The first-order valence-corrected chi connectivity index (χ1v) is 13.3. The molecule has 178 valence electrons. The summed E-state index contributed by atoms with van der Waals surface area (Å²) in [5.41, 5.74) is 9.31. The largest absolute Gasteiger partial charge is 0.262 e. The average molecular weight is 476 g/mol. The van der Waals surface area contributed by atoms with Crippen LogP contribution in [0.2, 0.25) is 0 Å². The summed E-state index contributed by atoms with van der Waals surface area (Å²) in [6.45, 7) is 2.07. The Morgan fingerprint density at radius 2 is 1.30 bits per heavy atom. The van der Waals surface area contributed by atoms with Crippen molar-refractivity contribution in [3.05, 3.63) is 136 Å². The van der Waals surface area contributed by atoms with Crippen molar-refractivity contribution in [1.82, 2.24) is 4.98 Å². The van der Waals surface area contributed by atoms with Gasteiger partial charge in [0.1, 0.15) is 0 Å². The zero-order valence-corrected chi connectivity index (χ0v) is 21.2. The summed E-state index contributed by atoms with van der Waals surface area (Å²) < 4.78 is 0. The molecular weight excluding hydrogens is 446 g/mol. The Bertz CT molecular complexity index is 1830. The van der Waals surface area contributed by atoms with E-state index in [4.69, 9.17) is 0 Å². The number of nitrogens with zero attached hydrogens (tertiary/aromatic N) is 1. The number of aryl methyl sites for hydroxylation is 1. The number of allylic oxidation sites excluding steroid dienone is 4. The second kappa shape index (κ2) is 9.01. The maximum atomic E-state index is 4.41. The zero-order chi connectivity index (χ0) is 24.8. The summed E-state index contributed by atoms with van der Waals surface area (Å²) >= 11 is 0. The third kappa shape index (κ3) is 3.74. The van der Waals surface area contributed by atoms with E-state index in [0.29, 0.717) is 0 Å². The molecule has 0 saturated carbocycles. The first-order valence-electron chi connectivity index (χ1n) is 13.3. The van der Waals surface area contributed by atoms with Crippen LogP contribution in [0.1, 0.15) is 48.1 Å². The van der Waals surface area contributed by atoms with E-state index in [2.05, 4.69) is 115 Å². The highest BCUT2D eigenvalue weighted by Gasteiger charge is 2.21. The molecule has 1 heteroatoms. The van der Waals surface area contributed by atoms with Crippen LogP contribution in [0.25, 0.3) is 44.3 Å². The van der Waals surface area contributed by atoms with Crippen LogP contribution < -0.4 is 10.4 Å². The van der Waals surface area contributed by atoms with Crippen LogP contribution in [0.5, 0.6) is 0 Å². The minimum Gasteiger partial charge on any atom is -0.262 e. The lowest BCUT2D eigenvalue weighted by atomic mass is 9.81. The van der Waals surface area contributed by atoms with Crippen LogP contribution in [-0.4, -0.2) is 4.98 Å². The summed E-state index contributed by atoms with van der Waals surface area (Å²) in [6.07, 6.45) is 13.4. The third-order valence-electron chi connectivity index (χ3n) is 7.94. The van der Waals surface area contributed by atoms with E-state index in [-0.39, 0.29) is 0 Å². The van der Waals surface area contributed by atoms with Gasteiger partial charge in [0.25, 0.3) is 0 Å². The topological polar surface area (TPSA) is 12.9 Å². The van der Waals surface area contributed by atoms with Gasteiger partial charge in [0.2, 0.25) is 0 Å². The molecule has 0 fully saturated rings. The lowest BCUT2D eigenvalue weighted by Gasteiger charge is -2.23. The molecular formula is C36H29N. The highest BCUT2D eigenvalue weighted by Crippen LogP contribution is 2.43. The first kappa shape index (κ1) is 22.0. The Morgan fingerprint density at radius 1 is 0.649 bits per heavy atom. The van der Waals surface area contributed by atoms with Crippen LogP contribution >= 0.6 is 0 Å². The van der Waals surface area contributed by atoms with Crippen molar-refractivity contribution < 1.29 is 0 Å². The molecule has 5 aromatic rings. The van der Waals surface area contributed by atoms with Crippen LogP contribution in [0.4, 0.5) is 0 Å². The Kier molecular flexibility index (Phi) is 5.36. The van der Waals surface area contributed by atoms with Gasteiger partial charge >= 0.3 is 0 Å². The van der Waals surface area contributed by atoms with Gasteiger partial charge in [0, 0.05) is 11.9 Å². The third-order valence-corrected chi connectivity index (χ3v) is 7.94. The van der Waals surface area contributed by atoms with Crippen LogP contribution in [0.3, 0.4) is 0 Å². The minimum atomic E-state index is 1.05. The van der Waals surface area contributed by atoms with Gasteiger partial charge in [-0.05, 0) is 110 Å². The van der Waals surface area contributed by atoms with Gasteiger partial charge in [0.15, 0.2) is 0 Å². The molecule has 1 nitrogen and oxygen atoms in total. The summed E-state index contributed by atoms with van der Waals surface area (Å²) in [7, 11) is 0. The van der Waals surface area contributed by atoms with Crippen LogP contribution in [-0.2, 0) is 0 Å². The number of fused-ring (bicyclic) bond motifs is 3. The molecule has 2 aliphatic rings. The van der Waals surface area contributed by atoms with Gasteiger partial charge in [-0.3, -0.25) is 4.98 Å². The number of hydrogen-bond donors (Lipinski definition) is 0. The number of aromatic nitrogens is 1. The average Bonchev–Trinajstić information content (AvgIpc) is 2.96. The molecule has 4 aromatic carbocycles. The molecule has 0 N–H and O–H groups in total. The standard InChI is InChI=1S/C36H29N/c1-24-22-27(20-21-37-24)26-12-8-13-28(23-26)35-31-15-4-6-17-33(31)36(34-18-7-5-16-32(34)35)30-19-9-11-25-10-2-3-14-29(25)30/h2-7,10-12,14-18,20-23H,8-9,13,19H2,1H3. The number of pyridine rings is 1. The Hall–Kier alpha value is -4.23. The van der Waals surface area contributed by atoms with Crippen molar-refractivity contribution in [2.45, 2.75) is 32.6 Å².